The highest BCUT2D eigenvalue weighted by molar-refractivity contribution is 9.11. The van der Waals surface area contributed by atoms with Crippen LogP contribution in [0.25, 0.3) is 0 Å². The number of hydrogen-bond donors (Lipinski definition) is 1. The van der Waals surface area contributed by atoms with Gasteiger partial charge in [0.1, 0.15) is 11.5 Å². The predicted molar refractivity (Wildman–Crippen MR) is 92.6 cm³/mol. The highest BCUT2D eigenvalue weighted by Gasteiger charge is 2.10. The van der Waals surface area contributed by atoms with E-state index < -0.39 is 0 Å². The summed E-state index contributed by atoms with van der Waals surface area (Å²) in [6.45, 7) is 8.98. The molecule has 116 valence electrons. The molecule has 0 amide bonds. The molecule has 2 heterocycles. The van der Waals surface area contributed by atoms with E-state index in [2.05, 4.69) is 64.6 Å². The number of halogens is 1. The first-order valence-corrected chi connectivity index (χ1v) is 8.84. The molecule has 0 radical (unpaired) electrons. The molecule has 2 rings (SSSR count). The molecule has 0 atom stereocenters. The third-order valence-corrected chi connectivity index (χ3v) is 4.83. The lowest BCUT2D eigenvalue weighted by molar-refractivity contribution is 0.285. The Hall–Kier alpha value is -0.620. The first kappa shape index (κ1) is 16.7. The van der Waals surface area contributed by atoms with Gasteiger partial charge in [-0.1, -0.05) is 13.8 Å². The molecule has 2 aromatic heterocycles. The Morgan fingerprint density at radius 1 is 1.33 bits per heavy atom. The lowest BCUT2D eigenvalue weighted by atomic mass is 10.2. The summed E-state index contributed by atoms with van der Waals surface area (Å²) in [5.74, 6) is 2.05. The zero-order chi connectivity index (χ0) is 15.4. The maximum absolute atomic E-state index is 5.87. The van der Waals surface area contributed by atoms with Gasteiger partial charge in [-0.2, -0.15) is 0 Å². The van der Waals surface area contributed by atoms with E-state index >= 15 is 0 Å². The number of thiophene rings is 1. The van der Waals surface area contributed by atoms with E-state index in [4.69, 9.17) is 4.42 Å². The Balaban J connectivity index is 1.91. The Bertz CT molecular complexity index is 577. The minimum absolute atomic E-state index is 0.488. The van der Waals surface area contributed by atoms with Crippen LogP contribution in [0.2, 0.25) is 0 Å². The Morgan fingerprint density at radius 2 is 2.10 bits per heavy atom. The van der Waals surface area contributed by atoms with Crippen LogP contribution in [-0.2, 0) is 19.6 Å². The zero-order valence-corrected chi connectivity index (χ0v) is 15.5. The molecule has 0 unspecified atom stereocenters. The standard InChI is InChI=1S/C16H23BrN2OS/c1-11(2)18-7-14-6-15(20-12(14)3)9-19(4)8-13-5-16(17)21-10-13/h5-6,10-11,18H,7-9H2,1-4H3. The van der Waals surface area contributed by atoms with Gasteiger partial charge in [0.15, 0.2) is 0 Å². The van der Waals surface area contributed by atoms with Crippen molar-refractivity contribution in [3.05, 3.63) is 43.9 Å². The molecule has 3 nitrogen and oxygen atoms in total. The smallest absolute Gasteiger partial charge is 0.118 e. The lowest BCUT2D eigenvalue weighted by Crippen LogP contribution is -2.21. The third kappa shape index (κ3) is 5.25. The average molecular weight is 371 g/mol. The maximum atomic E-state index is 5.87. The summed E-state index contributed by atoms with van der Waals surface area (Å²) in [4.78, 5) is 2.27. The van der Waals surface area contributed by atoms with Crippen molar-refractivity contribution < 1.29 is 4.42 Å². The molecule has 0 spiro atoms. The molecule has 1 N–H and O–H groups in total. The second kappa shape index (κ2) is 7.58. The highest BCUT2D eigenvalue weighted by Crippen LogP contribution is 2.22. The molecule has 0 saturated heterocycles. The first-order valence-electron chi connectivity index (χ1n) is 7.17. The van der Waals surface area contributed by atoms with E-state index in [0.717, 1.165) is 31.2 Å². The van der Waals surface area contributed by atoms with E-state index in [1.807, 2.05) is 6.92 Å². The van der Waals surface area contributed by atoms with Crippen molar-refractivity contribution in [1.29, 1.82) is 0 Å². The summed E-state index contributed by atoms with van der Waals surface area (Å²) < 4.78 is 7.05. The summed E-state index contributed by atoms with van der Waals surface area (Å²) in [7, 11) is 2.12. The summed E-state index contributed by atoms with van der Waals surface area (Å²) in [5, 5.41) is 5.62. The normalized spacial score (nSPS) is 11.8. The van der Waals surface area contributed by atoms with Crippen LogP contribution in [0.3, 0.4) is 0 Å². The molecular formula is C16H23BrN2OS. The summed E-state index contributed by atoms with van der Waals surface area (Å²) in [5.41, 5.74) is 2.59. The number of furan rings is 1. The molecule has 2 aromatic rings. The van der Waals surface area contributed by atoms with Crippen molar-refractivity contribution in [1.82, 2.24) is 10.2 Å². The molecule has 0 fully saturated rings. The van der Waals surface area contributed by atoms with E-state index in [1.165, 1.54) is 14.9 Å². The van der Waals surface area contributed by atoms with Gasteiger partial charge in [-0.25, -0.2) is 0 Å². The Morgan fingerprint density at radius 3 is 2.71 bits per heavy atom. The average Bonchev–Trinajstić information content (AvgIpc) is 2.93. The Kier molecular flexibility index (Phi) is 6.05. The largest absolute Gasteiger partial charge is 0.465 e. The topological polar surface area (TPSA) is 28.4 Å². The van der Waals surface area contributed by atoms with Crippen molar-refractivity contribution >= 4 is 27.3 Å². The second-order valence-electron chi connectivity index (χ2n) is 5.76. The van der Waals surface area contributed by atoms with Crippen LogP contribution < -0.4 is 5.32 Å². The van der Waals surface area contributed by atoms with Crippen molar-refractivity contribution in [2.45, 2.75) is 46.4 Å². The van der Waals surface area contributed by atoms with Crippen molar-refractivity contribution in [3.8, 4) is 0 Å². The lowest BCUT2D eigenvalue weighted by Gasteiger charge is -2.13. The van der Waals surface area contributed by atoms with Crippen LogP contribution in [0.4, 0.5) is 0 Å². The molecule has 5 heteroatoms. The molecule has 0 aliphatic rings. The highest BCUT2D eigenvalue weighted by atomic mass is 79.9. The van der Waals surface area contributed by atoms with Gasteiger partial charge in [-0.05, 0) is 53.0 Å². The predicted octanol–water partition coefficient (Wildman–Crippen LogP) is 4.54. The van der Waals surface area contributed by atoms with Gasteiger partial charge in [-0.3, -0.25) is 4.90 Å². The van der Waals surface area contributed by atoms with Crippen LogP contribution >= 0.6 is 27.3 Å². The fourth-order valence-corrected chi connectivity index (χ4v) is 3.42. The van der Waals surface area contributed by atoms with Gasteiger partial charge in [0.25, 0.3) is 0 Å². The van der Waals surface area contributed by atoms with Gasteiger partial charge in [-0.15, -0.1) is 11.3 Å². The van der Waals surface area contributed by atoms with Crippen molar-refractivity contribution in [2.24, 2.45) is 0 Å². The van der Waals surface area contributed by atoms with Gasteiger partial charge in [0.2, 0.25) is 0 Å². The fourth-order valence-electron chi connectivity index (χ4n) is 2.22. The van der Waals surface area contributed by atoms with Crippen LogP contribution in [0, 0.1) is 6.92 Å². The van der Waals surface area contributed by atoms with E-state index in [9.17, 15) is 0 Å². The second-order valence-corrected chi connectivity index (χ2v) is 8.05. The zero-order valence-electron chi connectivity index (χ0n) is 13.1. The van der Waals surface area contributed by atoms with Gasteiger partial charge in [0.05, 0.1) is 10.3 Å². The van der Waals surface area contributed by atoms with Crippen LogP contribution in [0.1, 0.15) is 36.5 Å². The number of hydrogen-bond acceptors (Lipinski definition) is 4. The molecule has 0 aliphatic heterocycles. The number of nitrogens with one attached hydrogen (secondary N) is 1. The maximum Gasteiger partial charge on any atom is 0.118 e. The van der Waals surface area contributed by atoms with Gasteiger partial charge < -0.3 is 9.73 Å². The van der Waals surface area contributed by atoms with Crippen LogP contribution in [0.15, 0.2) is 25.7 Å². The van der Waals surface area contributed by atoms with Gasteiger partial charge in [0, 0.05) is 24.7 Å². The minimum atomic E-state index is 0.488. The van der Waals surface area contributed by atoms with E-state index in [0.29, 0.717) is 6.04 Å². The molecular weight excluding hydrogens is 348 g/mol. The minimum Gasteiger partial charge on any atom is -0.465 e. The number of rotatable bonds is 7. The van der Waals surface area contributed by atoms with Crippen LogP contribution in [-0.4, -0.2) is 18.0 Å². The first-order chi connectivity index (χ1) is 9.94. The molecule has 0 aliphatic carbocycles. The fraction of sp³-hybridized carbons (Fsp3) is 0.500. The molecule has 21 heavy (non-hydrogen) atoms. The quantitative estimate of drug-likeness (QED) is 0.775. The summed E-state index contributed by atoms with van der Waals surface area (Å²) in [6, 6.07) is 4.83. The monoisotopic (exact) mass is 370 g/mol. The summed E-state index contributed by atoms with van der Waals surface area (Å²) in [6.07, 6.45) is 0. The molecule has 0 bridgehead atoms. The Labute approximate surface area is 139 Å². The molecule has 0 aromatic carbocycles. The third-order valence-electron chi connectivity index (χ3n) is 3.27. The number of nitrogens with zero attached hydrogens (tertiary/aromatic N) is 1. The van der Waals surface area contributed by atoms with Crippen molar-refractivity contribution in [3.63, 3.8) is 0 Å². The van der Waals surface area contributed by atoms with E-state index in [-0.39, 0.29) is 0 Å². The van der Waals surface area contributed by atoms with Crippen molar-refractivity contribution in [2.75, 3.05) is 7.05 Å². The van der Waals surface area contributed by atoms with Gasteiger partial charge >= 0.3 is 0 Å². The SMILES string of the molecule is Cc1oc(CN(C)Cc2csc(Br)c2)cc1CNC(C)C. The summed E-state index contributed by atoms with van der Waals surface area (Å²) >= 11 is 5.23. The number of aryl methyl sites for hydroxylation is 1. The van der Waals surface area contributed by atoms with Crippen LogP contribution in [0.5, 0.6) is 0 Å². The molecule has 0 saturated carbocycles. The van der Waals surface area contributed by atoms with E-state index in [1.54, 1.807) is 11.3 Å².